The minimum Gasteiger partial charge on any atom is -0.464 e. The number of methoxy groups -OCH3 is 1. The molecule has 5 rings (SSSR count). The number of fused-ring (bicyclic) bond motifs is 4. The molecule has 0 aliphatic heterocycles. The van der Waals surface area contributed by atoms with Crippen LogP contribution in [0.2, 0.25) is 0 Å². The van der Waals surface area contributed by atoms with Crippen molar-refractivity contribution in [1.29, 1.82) is 5.41 Å². The number of hydrogen-bond donors (Lipinski definition) is 3. The zero-order valence-corrected chi connectivity index (χ0v) is 17.8. The molecule has 0 radical (unpaired) electrons. The number of aromatic nitrogens is 2. The molecule has 2 aromatic carbocycles. The molecule has 0 bridgehead atoms. The molecule has 2 heterocycles. The fourth-order valence-electron chi connectivity index (χ4n) is 4.44. The van der Waals surface area contributed by atoms with Gasteiger partial charge in [-0.15, -0.1) is 0 Å². The Kier molecular flexibility index (Phi) is 4.59. The van der Waals surface area contributed by atoms with Gasteiger partial charge in [0.2, 0.25) is 0 Å². The van der Waals surface area contributed by atoms with Crippen molar-refractivity contribution in [2.75, 3.05) is 18.6 Å². The van der Waals surface area contributed by atoms with Crippen LogP contribution in [0.25, 0.3) is 32.4 Å². The maximum Gasteiger partial charge on any atom is 0.356 e. The van der Waals surface area contributed by atoms with E-state index in [2.05, 4.69) is 11.1 Å². The number of pyridine rings is 1. The normalized spacial score (nSPS) is 13.3. The molecule has 1 aliphatic carbocycles. The summed E-state index contributed by atoms with van der Waals surface area (Å²) >= 11 is 1.46. The molecule has 1 aliphatic rings. The predicted octanol–water partition coefficient (Wildman–Crippen LogP) is 4.10. The first kappa shape index (κ1) is 19.4. The number of nitrogens with zero attached hydrogens (tertiary/aromatic N) is 2. The minimum atomic E-state index is -0.707. The number of carbonyl (C=O) groups is 1. The molecule has 7 nitrogen and oxygen atoms in total. The zero-order chi connectivity index (χ0) is 21.7. The quantitative estimate of drug-likeness (QED) is 0.255. The molecule has 0 spiro atoms. The van der Waals surface area contributed by atoms with Gasteiger partial charge in [0.15, 0.2) is 5.13 Å². The SMILES string of the molecule is COC(=O)C(=N)c1c(N)ccc2nc(-c3ccc4nc(N)sc4c3)c3c(c12)CCCC3. The van der Waals surface area contributed by atoms with Crippen molar-refractivity contribution in [2.45, 2.75) is 25.7 Å². The average molecular weight is 432 g/mol. The molecule has 0 fully saturated rings. The van der Waals surface area contributed by atoms with E-state index in [0.717, 1.165) is 69.2 Å². The number of anilines is 2. The topological polar surface area (TPSA) is 128 Å². The van der Waals surface area contributed by atoms with Gasteiger partial charge in [0.25, 0.3) is 0 Å². The largest absolute Gasteiger partial charge is 0.464 e. The third-order valence-electron chi connectivity index (χ3n) is 5.82. The van der Waals surface area contributed by atoms with E-state index in [1.165, 1.54) is 18.4 Å². The van der Waals surface area contributed by atoms with Crippen molar-refractivity contribution < 1.29 is 9.53 Å². The van der Waals surface area contributed by atoms with Crippen LogP contribution in [0.1, 0.15) is 29.5 Å². The number of rotatable bonds is 3. The van der Waals surface area contributed by atoms with Crippen LogP contribution in [0.3, 0.4) is 0 Å². The van der Waals surface area contributed by atoms with Gasteiger partial charge >= 0.3 is 5.97 Å². The Bertz CT molecular complexity index is 1390. The van der Waals surface area contributed by atoms with E-state index in [4.69, 9.17) is 26.6 Å². The monoisotopic (exact) mass is 431 g/mol. The van der Waals surface area contributed by atoms with Crippen molar-refractivity contribution in [3.05, 3.63) is 47.0 Å². The van der Waals surface area contributed by atoms with Crippen LogP contribution in [0.4, 0.5) is 10.8 Å². The first-order valence-electron chi connectivity index (χ1n) is 10.1. The van der Waals surface area contributed by atoms with Crippen molar-refractivity contribution in [3.8, 4) is 11.3 Å². The molecule has 8 heteroatoms. The lowest BCUT2D eigenvalue weighted by Gasteiger charge is -2.23. The highest BCUT2D eigenvalue weighted by Crippen LogP contribution is 2.39. The third-order valence-corrected chi connectivity index (χ3v) is 6.67. The van der Waals surface area contributed by atoms with Crippen LogP contribution >= 0.6 is 11.3 Å². The van der Waals surface area contributed by atoms with Gasteiger partial charge in [-0.3, -0.25) is 5.41 Å². The number of aryl methyl sites for hydroxylation is 1. The Balaban J connectivity index is 1.81. The van der Waals surface area contributed by atoms with Gasteiger partial charge < -0.3 is 16.2 Å². The summed E-state index contributed by atoms with van der Waals surface area (Å²) in [4.78, 5) is 21.5. The second-order valence-electron chi connectivity index (χ2n) is 7.65. The van der Waals surface area contributed by atoms with Crippen molar-refractivity contribution >= 4 is 55.0 Å². The summed E-state index contributed by atoms with van der Waals surface area (Å²) in [6.07, 6.45) is 3.84. The molecule has 0 atom stereocenters. The number of nitrogens with one attached hydrogen (secondary N) is 1. The van der Waals surface area contributed by atoms with E-state index in [-0.39, 0.29) is 5.71 Å². The molecular formula is C23H21N5O2S. The molecule has 2 aromatic heterocycles. The molecular weight excluding hydrogens is 410 g/mol. The Hall–Kier alpha value is -3.52. The van der Waals surface area contributed by atoms with Gasteiger partial charge in [-0.1, -0.05) is 17.4 Å². The Morgan fingerprint density at radius 1 is 1.06 bits per heavy atom. The molecule has 0 saturated heterocycles. The minimum absolute atomic E-state index is 0.241. The van der Waals surface area contributed by atoms with Crippen LogP contribution < -0.4 is 11.5 Å². The molecule has 0 saturated carbocycles. The van der Waals surface area contributed by atoms with E-state index < -0.39 is 5.97 Å². The van der Waals surface area contributed by atoms with Gasteiger partial charge in [0.05, 0.1) is 28.5 Å². The first-order chi connectivity index (χ1) is 15.0. The van der Waals surface area contributed by atoms with Gasteiger partial charge in [-0.25, -0.2) is 14.8 Å². The summed E-state index contributed by atoms with van der Waals surface area (Å²) in [5, 5.41) is 9.72. The van der Waals surface area contributed by atoms with E-state index in [1.807, 2.05) is 18.2 Å². The molecule has 0 amide bonds. The van der Waals surface area contributed by atoms with Crippen molar-refractivity contribution in [3.63, 3.8) is 0 Å². The van der Waals surface area contributed by atoms with Gasteiger partial charge in [0.1, 0.15) is 5.71 Å². The smallest absolute Gasteiger partial charge is 0.356 e. The van der Waals surface area contributed by atoms with E-state index >= 15 is 0 Å². The summed E-state index contributed by atoms with van der Waals surface area (Å²) in [6.45, 7) is 0. The number of esters is 1. The summed E-state index contributed by atoms with van der Waals surface area (Å²) in [5.74, 6) is -0.707. The molecule has 31 heavy (non-hydrogen) atoms. The number of ether oxygens (including phenoxy) is 1. The number of nitrogens with two attached hydrogens (primary N) is 2. The summed E-state index contributed by atoms with van der Waals surface area (Å²) < 4.78 is 5.82. The fourth-order valence-corrected chi connectivity index (χ4v) is 5.21. The Morgan fingerprint density at radius 3 is 2.58 bits per heavy atom. The molecule has 0 unspecified atom stereocenters. The van der Waals surface area contributed by atoms with E-state index in [1.54, 1.807) is 6.07 Å². The lowest BCUT2D eigenvalue weighted by atomic mass is 9.84. The van der Waals surface area contributed by atoms with Crippen LogP contribution in [0.15, 0.2) is 30.3 Å². The Labute approximate surface area is 182 Å². The molecule has 5 N–H and O–H groups in total. The second-order valence-corrected chi connectivity index (χ2v) is 8.71. The average Bonchev–Trinajstić information content (AvgIpc) is 3.16. The number of carbonyl (C=O) groups excluding carboxylic acids is 1. The third kappa shape index (κ3) is 3.11. The standard InChI is InChI=1S/C23H21N5O2S/c1-30-22(29)20(25)19-14(24)7-9-16-18(19)12-4-2-3-5-13(12)21(27-16)11-6-8-15-17(10-11)31-23(26)28-15/h6-10,25H,2-5,24H2,1H3,(H2,26,28). The van der Waals surface area contributed by atoms with Crippen LogP contribution in [-0.2, 0) is 22.4 Å². The summed E-state index contributed by atoms with van der Waals surface area (Å²) in [7, 11) is 1.27. The van der Waals surface area contributed by atoms with Crippen LogP contribution in [0.5, 0.6) is 0 Å². The summed E-state index contributed by atoms with van der Waals surface area (Å²) in [5.41, 5.74) is 18.5. The Morgan fingerprint density at radius 2 is 1.81 bits per heavy atom. The number of hydrogen-bond acceptors (Lipinski definition) is 8. The number of thiazole rings is 1. The lowest BCUT2D eigenvalue weighted by molar-refractivity contribution is -0.132. The van der Waals surface area contributed by atoms with Crippen LogP contribution in [-0.4, -0.2) is 28.8 Å². The number of nitrogen functional groups attached to an aromatic ring is 2. The zero-order valence-electron chi connectivity index (χ0n) is 17.0. The van der Waals surface area contributed by atoms with Gasteiger partial charge in [0, 0.05) is 22.2 Å². The molecule has 156 valence electrons. The van der Waals surface area contributed by atoms with Gasteiger partial charge in [-0.05, 0) is 61.1 Å². The summed E-state index contributed by atoms with van der Waals surface area (Å²) in [6, 6.07) is 9.65. The highest BCUT2D eigenvalue weighted by Gasteiger charge is 2.26. The van der Waals surface area contributed by atoms with E-state index in [9.17, 15) is 4.79 Å². The fraction of sp³-hybridized carbons (Fsp3) is 0.217. The number of benzene rings is 2. The van der Waals surface area contributed by atoms with E-state index in [0.29, 0.717) is 16.4 Å². The van der Waals surface area contributed by atoms with Gasteiger partial charge in [-0.2, -0.15) is 0 Å². The molecule has 4 aromatic rings. The van der Waals surface area contributed by atoms with Crippen LogP contribution in [0, 0.1) is 5.41 Å². The van der Waals surface area contributed by atoms with Crippen molar-refractivity contribution in [2.24, 2.45) is 0 Å². The maximum atomic E-state index is 12.2. The highest BCUT2D eigenvalue weighted by molar-refractivity contribution is 7.22. The first-order valence-corrected chi connectivity index (χ1v) is 10.9. The van der Waals surface area contributed by atoms with Crippen molar-refractivity contribution in [1.82, 2.24) is 9.97 Å². The second kappa shape index (κ2) is 7.31. The maximum absolute atomic E-state index is 12.2. The lowest BCUT2D eigenvalue weighted by Crippen LogP contribution is -2.19. The highest BCUT2D eigenvalue weighted by atomic mass is 32.1. The predicted molar refractivity (Wildman–Crippen MR) is 125 cm³/mol.